The van der Waals surface area contributed by atoms with Gasteiger partial charge in [-0.15, -0.1) is 12.4 Å². The molecule has 3 N–H and O–H groups in total. The summed E-state index contributed by atoms with van der Waals surface area (Å²) in [6.07, 6.45) is 2.33. The van der Waals surface area contributed by atoms with Gasteiger partial charge < -0.3 is 15.5 Å². The van der Waals surface area contributed by atoms with Crippen LogP contribution in [0.1, 0.15) is 16.8 Å². The predicted octanol–water partition coefficient (Wildman–Crippen LogP) is 1.66. The van der Waals surface area contributed by atoms with E-state index in [9.17, 15) is 9.18 Å². The molecule has 0 unspecified atom stereocenters. The summed E-state index contributed by atoms with van der Waals surface area (Å²) in [7, 11) is 0. The highest BCUT2D eigenvalue weighted by molar-refractivity contribution is 5.99. The van der Waals surface area contributed by atoms with Gasteiger partial charge in [0.1, 0.15) is 5.82 Å². The van der Waals surface area contributed by atoms with Gasteiger partial charge in [0, 0.05) is 38.3 Å². The maximum Gasteiger partial charge on any atom is 0.255 e. The first-order valence-corrected chi connectivity index (χ1v) is 8.25. The highest BCUT2D eigenvalue weighted by Gasteiger charge is 2.17. The van der Waals surface area contributed by atoms with Crippen molar-refractivity contribution in [3.05, 3.63) is 41.8 Å². The molecule has 0 atom stereocenters. The van der Waals surface area contributed by atoms with Crippen molar-refractivity contribution in [2.75, 3.05) is 39.3 Å². The number of rotatable bonds is 6. The number of benzene rings is 1. The predicted molar refractivity (Wildman–Crippen MR) is 97.5 cm³/mol. The van der Waals surface area contributed by atoms with Crippen LogP contribution in [-0.4, -0.2) is 60.3 Å². The van der Waals surface area contributed by atoms with Crippen molar-refractivity contribution in [3.63, 3.8) is 0 Å². The first kappa shape index (κ1) is 19.4. The Labute approximate surface area is 152 Å². The number of hydrogen-bond donors (Lipinski definition) is 3. The average Bonchev–Trinajstić information content (AvgIpc) is 3.09. The molecule has 1 aliphatic heterocycles. The molecule has 136 valence electrons. The average molecular weight is 368 g/mol. The zero-order valence-corrected chi connectivity index (χ0v) is 14.7. The number of nitrogens with one attached hydrogen (secondary N) is 3. The number of hydrogen-bond acceptors (Lipinski definition) is 4. The first-order chi connectivity index (χ1) is 11.8. The third-order valence-corrected chi connectivity index (χ3v) is 4.17. The van der Waals surface area contributed by atoms with Crippen LogP contribution < -0.4 is 10.6 Å². The van der Waals surface area contributed by atoms with Gasteiger partial charge in [0.25, 0.3) is 5.91 Å². The van der Waals surface area contributed by atoms with Gasteiger partial charge in [-0.2, -0.15) is 5.10 Å². The largest absolute Gasteiger partial charge is 0.352 e. The van der Waals surface area contributed by atoms with E-state index in [2.05, 4.69) is 25.7 Å². The van der Waals surface area contributed by atoms with Gasteiger partial charge >= 0.3 is 0 Å². The molecule has 3 rings (SSSR count). The minimum absolute atomic E-state index is 0. The second-order valence-corrected chi connectivity index (χ2v) is 5.84. The Morgan fingerprint density at radius 3 is 2.80 bits per heavy atom. The number of carbonyl (C=O) groups excluding carboxylic acids is 1. The fourth-order valence-electron chi connectivity index (χ4n) is 2.86. The molecule has 1 saturated heterocycles. The van der Waals surface area contributed by atoms with Gasteiger partial charge in [-0.25, -0.2) is 4.39 Å². The molecule has 0 bridgehead atoms. The lowest BCUT2D eigenvalue weighted by Crippen LogP contribution is -2.44. The van der Waals surface area contributed by atoms with Crippen molar-refractivity contribution < 1.29 is 9.18 Å². The third-order valence-electron chi connectivity index (χ3n) is 4.17. The molecule has 0 radical (unpaired) electrons. The lowest BCUT2D eigenvalue weighted by molar-refractivity contribution is 0.0952. The standard InChI is InChI=1S/C17H22FN5O.ClH/c18-15-5-2-1-4-13(15)16-14(12-21-22-16)17(24)20-6-3-9-23-10-7-19-8-11-23;/h1-2,4-5,12,19H,3,6-11H2,(H,20,24)(H,21,22);1H. The van der Waals surface area contributed by atoms with Crippen LogP contribution in [-0.2, 0) is 0 Å². The Hall–Kier alpha value is -1.96. The van der Waals surface area contributed by atoms with Crippen molar-refractivity contribution in [1.82, 2.24) is 25.7 Å². The fourth-order valence-corrected chi connectivity index (χ4v) is 2.86. The van der Waals surface area contributed by atoms with Gasteiger partial charge in [0.05, 0.1) is 17.5 Å². The molecule has 25 heavy (non-hydrogen) atoms. The Morgan fingerprint density at radius 1 is 1.28 bits per heavy atom. The van der Waals surface area contributed by atoms with Crippen LogP contribution in [0, 0.1) is 5.82 Å². The van der Waals surface area contributed by atoms with Crippen LogP contribution in [0.25, 0.3) is 11.3 Å². The summed E-state index contributed by atoms with van der Waals surface area (Å²) in [5.41, 5.74) is 1.12. The van der Waals surface area contributed by atoms with E-state index in [1.54, 1.807) is 18.2 Å². The zero-order valence-electron chi connectivity index (χ0n) is 13.9. The molecule has 1 aromatic carbocycles. The Kier molecular flexibility index (Phi) is 7.36. The van der Waals surface area contributed by atoms with E-state index in [4.69, 9.17) is 0 Å². The number of amides is 1. The number of H-pyrrole nitrogens is 1. The van der Waals surface area contributed by atoms with E-state index < -0.39 is 0 Å². The molecule has 0 spiro atoms. The van der Waals surface area contributed by atoms with Gasteiger partial charge in [-0.1, -0.05) is 12.1 Å². The molecule has 6 nitrogen and oxygen atoms in total. The smallest absolute Gasteiger partial charge is 0.255 e. The molecule has 8 heteroatoms. The van der Waals surface area contributed by atoms with E-state index in [1.165, 1.54) is 12.3 Å². The van der Waals surface area contributed by atoms with Crippen LogP contribution in [0.4, 0.5) is 4.39 Å². The van der Waals surface area contributed by atoms with Gasteiger partial charge in [0.2, 0.25) is 0 Å². The quantitative estimate of drug-likeness (QED) is 0.679. The highest BCUT2D eigenvalue weighted by Crippen LogP contribution is 2.23. The summed E-state index contributed by atoms with van der Waals surface area (Å²) in [5.74, 6) is -0.614. The van der Waals surface area contributed by atoms with Crippen molar-refractivity contribution in [2.45, 2.75) is 6.42 Å². The molecule has 0 saturated carbocycles. The van der Waals surface area contributed by atoms with Crippen molar-refractivity contribution in [2.24, 2.45) is 0 Å². The van der Waals surface area contributed by atoms with E-state index in [0.717, 1.165) is 39.1 Å². The fraction of sp³-hybridized carbons (Fsp3) is 0.412. The van der Waals surface area contributed by atoms with Gasteiger partial charge in [-0.3, -0.25) is 9.89 Å². The number of halogens is 2. The minimum atomic E-state index is -0.380. The van der Waals surface area contributed by atoms with Crippen molar-refractivity contribution in [1.29, 1.82) is 0 Å². The van der Waals surface area contributed by atoms with Crippen LogP contribution in [0.5, 0.6) is 0 Å². The van der Waals surface area contributed by atoms with E-state index in [1.807, 2.05) is 0 Å². The maximum atomic E-state index is 13.9. The van der Waals surface area contributed by atoms with Crippen LogP contribution in [0.15, 0.2) is 30.5 Å². The minimum Gasteiger partial charge on any atom is -0.352 e. The normalized spacial score (nSPS) is 14.8. The summed E-state index contributed by atoms with van der Waals surface area (Å²) >= 11 is 0. The Morgan fingerprint density at radius 2 is 2.04 bits per heavy atom. The molecule has 1 fully saturated rings. The molecular weight excluding hydrogens is 345 g/mol. The summed E-state index contributed by atoms with van der Waals surface area (Å²) in [6.45, 7) is 5.69. The van der Waals surface area contributed by atoms with Gasteiger partial charge in [-0.05, 0) is 25.1 Å². The zero-order chi connectivity index (χ0) is 16.8. The second-order valence-electron chi connectivity index (χ2n) is 5.84. The number of nitrogens with zero attached hydrogens (tertiary/aromatic N) is 2. The lowest BCUT2D eigenvalue weighted by Gasteiger charge is -2.27. The second kappa shape index (κ2) is 9.50. The number of piperazine rings is 1. The third kappa shape index (κ3) is 5.01. The topological polar surface area (TPSA) is 73.1 Å². The summed E-state index contributed by atoms with van der Waals surface area (Å²) in [4.78, 5) is 14.7. The number of carbonyl (C=O) groups is 1. The Balaban J connectivity index is 0.00000225. The summed E-state index contributed by atoms with van der Waals surface area (Å²) < 4.78 is 13.9. The van der Waals surface area contributed by atoms with E-state index >= 15 is 0 Å². The van der Waals surface area contributed by atoms with E-state index in [0.29, 0.717) is 23.4 Å². The number of aromatic nitrogens is 2. The maximum absolute atomic E-state index is 13.9. The summed E-state index contributed by atoms with van der Waals surface area (Å²) in [6, 6.07) is 6.34. The van der Waals surface area contributed by atoms with Gasteiger partial charge in [0.15, 0.2) is 0 Å². The lowest BCUT2D eigenvalue weighted by atomic mass is 10.1. The number of aromatic amines is 1. The summed E-state index contributed by atoms with van der Waals surface area (Å²) in [5, 5.41) is 12.8. The molecule has 1 aliphatic rings. The molecule has 0 aliphatic carbocycles. The highest BCUT2D eigenvalue weighted by atomic mass is 35.5. The molecule has 1 aromatic heterocycles. The van der Waals surface area contributed by atoms with Crippen molar-refractivity contribution >= 4 is 18.3 Å². The first-order valence-electron chi connectivity index (χ1n) is 8.25. The SMILES string of the molecule is Cl.O=C(NCCCN1CCNCC1)c1cn[nH]c1-c1ccccc1F. The van der Waals surface area contributed by atoms with E-state index in [-0.39, 0.29) is 24.1 Å². The van der Waals surface area contributed by atoms with Crippen molar-refractivity contribution in [3.8, 4) is 11.3 Å². The molecule has 1 amide bonds. The van der Waals surface area contributed by atoms with Crippen LogP contribution in [0.3, 0.4) is 0 Å². The van der Waals surface area contributed by atoms with Crippen LogP contribution >= 0.6 is 12.4 Å². The molecular formula is C17H23ClFN5O. The van der Waals surface area contributed by atoms with Crippen LogP contribution in [0.2, 0.25) is 0 Å². The molecule has 2 aromatic rings. The molecule has 2 heterocycles. The Bertz CT molecular complexity index is 687. The monoisotopic (exact) mass is 367 g/mol.